The highest BCUT2D eigenvalue weighted by Gasteiger charge is 2.38. The van der Waals surface area contributed by atoms with Crippen molar-refractivity contribution in [1.82, 2.24) is 15.6 Å². The lowest BCUT2D eigenvalue weighted by Gasteiger charge is -2.35. The monoisotopic (exact) mass is 610 g/mol. The number of anilines is 1. The molecule has 0 bridgehead atoms. The van der Waals surface area contributed by atoms with Crippen LogP contribution < -0.4 is 16.0 Å². The smallest absolute Gasteiger partial charge is 0.350 e. The molecule has 9 heteroatoms. The number of carboxylic acids is 1. The van der Waals surface area contributed by atoms with E-state index in [-0.39, 0.29) is 12.8 Å². The van der Waals surface area contributed by atoms with Gasteiger partial charge in [0, 0.05) is 25.6 Å². The Morgan fingerprint density at radius 2 is 1.18 bits per heavy atom. The number of benzene rings is 3. The lowest BCUT2D eigenvalue weighted by molar-refractivity contribution is -0.150. The standard InChI is InChI=1S/C35H38N4O4S/c1-34(33(42)43,38-31(40)22-13-25-37-30-21-11-12-24-36-30)39-32(41)23-14-26-44-35(27-15-5-2-6-16-27,28-17-7-3-8-18-28)29-19-9-4-10-20-29/h2-12,15-21,24H,13-14,22-23,25-26H2,1H3,(H,36,37)(H,38,40)(H,39,41)(H,42,43)/t34-/m0/s1. The average Bonchev–Trinajstić information content (AvgIpc) is 3.05. The van der Waals surface area contributed by atoms with E-state index in [0.717, 1.165) is 16.7 Å². The van der Waals surface area contributed by atoms with E-state index in [2.05, 4.69) is 57.3 Å². The van der Waals surface area contributed by atoms with E-state index >= 15 is 0 Å². The summed E-state index contributed by atoms with van der Waals surface area (Å²) >= 11 is 1.74. The summed E-state index contributed by atoms with van der Waals surface area (Å²) in [5, 5.41) is 18.0. The van der Waals surface area contributed by atoms with Gasteiger partial charge in [0.2, 0.25) is 17.5 Å². The number of aromatic nitrogens is 1. The zero-order chi connectivity index (χ0) is 31.3. The van der Waals surface area contributed by atoms with Gasteiger partial charge in [-0.3, -0.25) is 9.59 Å². The second-order valence-electron chi connectivity index (χ2n) is 10.5. The Hall–Kier alpha value is -4.63. The molecule has 4 aromatic rings. The molecule has 2 amide bonds. The molecule has 1 heterocycles. The quantitative estimate of drug-likeness (QED) is 0.0718. The number of hydrogen-bond acceptors (Lipinski definition) is 6. The van der Waals surface area contributed by atoms with Crippen LogP contribution in [0.2, 0.25) is 0 Å². The third kappa shape index (κ3) is 8.48. The number of nitrogens with zero attached hydrogens (tertiary/aromatic N) is 1. The van der Waals surface area contributed by atoms with E-state index < -0.39 is 28.2 Å². The Kier molecular flexibility index (Phi) is 11.5. The van der Waals surface area contributed by atoms with E-state index in [1.807, 2.05) is 72.8 Å². The van der Waals surface area contributed by atoms with Gasteiger partial charge >= 0.3 is 5.97 Å². The van der Waals surface area contributed by atoms with E-state index in [9.17, 15) is 19.5 Å². The minimum Gasteiger partial charge on any atom is -0.478 e. The summed E-state index contributed by atoms with van der Waals surface area (Å²) < 4.78 is -0.505. The number of carbonyl (C=O) groups excluding carboxylic acids is 2. The highest BCUT2D eigenvalue weighted by atomic mass is 32.2. The van der Waals surface area contributed by atoms with Gasteiger partial charge < -0.3 is 21.1 Å². The molecular weight excluding hydrogens is 572 g/mol. The molecule has 1 atom stereocenters. The SMILES string of the molecule is C[C@](NC(=O)CCCNc1ccccn1)(NC(=O)CCCSC(c1ccccc1)(c1ccccc1)c1ccccc1)C(=O)O. The van der Waals surface area contributed by atoms with Crippen LogP contribution >= 0.6 is 11.8 Å². The highest BCUT2D eigenvalue weighted by molar-refractivity contribution is 8.00. The fourth-order valence-electron chi connectivity index (χ4n) is 4.98. The van der Waals surface area contributed by atoms with Gasteiger partial charge in [-0.2, -0.15) is 0 Å². The van der Waals surface area contributed by atoms with Gasteiger partial charge in [-0.1, -0.05) is 97.1 Å². The van der Waals surface area contributed by atoms with Crippen molar-refractivity contribution >= 4 is 35.4 Å². The molecule has 0 saturated heterocycles. The van der Waals surface area contributed by atoms with Crippen molar-refractivity contribution < 1.29 is 19.5 Å². The highest BCUT2D eigenvalue weighted by Crippen LogP contribution is 2.48. The number of amides is 2. The lowest BCUT2D eigenvalue weighted by Crippen LogP contribution is -2.63. The predicted molar refractivity (Wildman–Crippen MR) is 175 cm³/mol. The van der Waals surface area contributed by atoms with Crippen LogP contribution in [0.25, 0.3) is 0 Å². The molecule has 0 aliphatic rings. The normalized spacial score (nSPS) is 12.5. The summed E-state index contributed by atoms with van der Waals surface area (Å²) in [6.45, 7) is 1.78. The fraction of sp³-hybridized carbons (Fsp3) is 0.257. The van der Waals surface area contributed by atoms with Crippen LogP contribution in [0.3, 0.4) is 0 Å². The van der Waals surface area contributed by atoms with Gasteiger partial charge in [-0.15, -0.1) is 11.8 Å². The first-order chi connectivity index (χ1) is 21.3. The molecule has 0 fully saturated rings. The van der Waals surface area contributed by atoms with Crippen LogP contribution in [-0.2, 0) is 19.1 Å². The molecule has 4 N–H and O–H groups in total. The van der Waals surface area contributed by atoms with Crippen LogP contribution in [0.1, 0.15) is 49.3 Å². The van der Waals surface area contributed by atoms with Crippen molar-refractivity contribution in [3.63, 3.8) is 0 Å². The van der Waals surface area contributed by atoms with Gasteiger partial charge in [-0.25, -0.2) is 9.78 Å². The number of thioether (sulfide) groups is 1. The third-order valence-electron chi connectivity index (χ3n) is 7.17. The Labute approximate surface area is 262 Å². The number of nitrogens with one attached hydrogen (secondary N) is 3. The summed E-state index contributed by atoms with van der Waals surface area (Å²) in [6.07, 6.45) is 2.84. The zero-order valence-electron chi connectivity index (χ0n) is 24.7. The average molecular weight is 611 g/mol. The van der Waals surface area contributed by atoms with Crippen molar-refractivity contribution in [2.45, 2.75) is 43.0 Å². The molecule has 0 spiro atoms. The summed E-state index contributed by atoms with van der Waals surface area (Å²) in [7, 11) is 0. The number of pyridine rings is 1. The van der Waals surface area contributed by atoms with Crippen molar-refractivity contribution in [1.29, 1.82) is 0 Å². The van der Waals surface area contributed by atoms with Crippen LogP contribution in [0.5, 0.6) is 0 Å². The first-order valence-corrected chi connectivity index (χ1v) is 15.6. The van der Waals surface area contributed by atoms with Crippen molar-refractivity contribution in [3.8, 4) is 0 Å². The molecule has 0 radical (unpaired) electrons. The van der Waals surface area contributed by atoms with Crippen molar-refractivity contribution in [2.24, 2.45) is 0 Å². The summed E-state index contributed by atoms with van der Waals surface area (Å²) in [6, 6.07) is 36.4. The molecule has 0 unspecified atom stereocenters. The Morgan fingerprint density at radius 3 is 1.64 bits per heavy atom. The number of aliphatic carboxylic acids is 1. The summed E-state index contributed by atoms with van der Waals surface area (Å²) in [5.41, 5.74) is 1.46. The lowest BCUT2D eigenvalue weighted by atomic mass is 9.84. The summed E-state index contributed by atoms with van der Waals surface area (Å²) in [4.78, 5) is 41.8. The largest absolute Gasteiger partial charge is 0.478 e. The number of rotatable bonds is 16. The van der Waals surface area contributed by atoms with Crippen molar-refractivity contribution in [3.05, 3.63) is 132 Å². The van der Waals surface area contributed by atoms with Gasteiger partial charge in [0.05, 0.1) is 4.75 Å². The molecular formula is C35H38N4O4S. The van der Waals surface area contributed by atoms with Gasteiger partial charge in [0.25, 0.3) is 0 Å². The predicted octanol–water partition coefficient (Wildman–Crippen LogP) is 5.81. The minimum absolute atomic E-state index is 0.0930. The maximum Gasteiger partial charge on any atom is 0.350 e. The van der Waals surface area contributed by atoms with Crippen molar-refractivity contribution in [2.75, 3.05) is 17.6 Å². The van der Waals surface area contributed by atoms with Crippen LogP contribution in [0.15, 0.2) is 115 Å². The maximum absolute atomic E-state index is 12.9. The zero-order valence-corrected chi connectivity index (χ0v) is 25.6. The number of hydrogen-bond donors (Lipinski definition) is 4. The minimum atomic E-state index is -1.92. The van der Waals surface area contributed by atoms with E-state index in [4.69, 9.17) is 0 Å². The summed E-state index contributed by atoms with van der Waals surface area (Å²) in [5.74, 6) is -0.922. The Bertz CT molecular complexity index is 1390. The molecule has 3 aromatic carbocycles. The second-order valence-corrected chi connectivity index (χ2v) is 11.8. The van der Waals surface area contributed by atoms with Gasteiger partial charge in [0.15, 0.2) is 0 Å². The molecule has 228 valence electrons. The first-order valence-electron chi connectivity index (χ1n) is 14.6. The Balaban J connectivity index is 1.36. The fourth-order valence-corrected chi connectivity index (χ4v) is 6.48. The molecule has 44 heavy (non-hydrogen) atoms. The van der Waals surface area contributed by atoms with Gasteiger partial charge in [0.1, 0.15) is 5.82 Å². The second kappa shape index (κ2) is 15.7. The van der Waals surface area contributed by atoms with Crippen LogP contribution in [-0.4, -0.2) is 45.8 Å². The third-order valence-corrected chi connectivity index (χ3v) is 8.80. The van der Waals surface area contributed by atoms with Gasteiger partial charge in [-0.05, 0) is 54.3 Å². The Morgan fingerprint density at radius 1 is 0.705 bits per heavy atom. The van der Waals surface area contributed by atoms with E-state index in [1.165, 1.54) is 6.92 Å². The van der Waals surface area contributed by atoms with E-state index in [0.29, 0.717) is 31.0 Å². The first kappa shape index (κ1) is 32.3. The molecule has 0 aliphatic heterocycles. The van der Waals surface area contributed by atoms with Crippen LogP contribution in [0.4, 0.5) is 5.82 Å². The molecule has 0 aliphatic carbocycles. The van der Waals surface area contributed by atoms with Crippen LogP contribution in [0, 0.1) is 0 Å². The maximum atomic E-state index is 12.9. The molecule has 8 nitrogen and oxygen atoms in total. The molecule has 1 aromatic heterocycles. The number of carboxylic acid groups (broad SMARTS) is 1. The number of carbonyl (C=O) groups is 3. The molecule has 4 rings (SSSR count). The molecule has 0 saturated carbocycles. The van der Waals surface area contributed by atoms with E-state index in [1.54, 1.807) is 18.0 Å². The topological polar surface area (TPSA) is 120 Å².